The number of hydrogen-bond donors (Lipinski definition) is 0. The van der Waals surface area contributed by atoms with Crippen LogP contribution in [0.2, 0.25) is 0 Å². The summed E-state index contributed by atoms with van der Waals surface area (Å²) in [4.78, 5) is 26.5. The van der Waals surface area contributed by atoms with Crippen molar-refractivity contribution in [3.05, 3.63) is 59.2 Å². The summed E-state index contributed by atoms with van der Waals surface area (Å²) in [5.74, 6) is 0.360. The van der Waals surface area contributed by atoms with E-state index in [1.54, 1.807) is 13.0 Å². The van der Waals surface area contributed by atoms with Crippen LogP contribution in [0, 0.1) is 13.8 Å². The summed E-state index contributed by atoms with van der Waals surface area (Å²) < 4.78 is 5.59. The number of hydrogen-bond acceptors (Lipinski definition) is 3. The minimum Gasteiger partial charge on any atom is -0.479 e. The third kappa shape index (κ3) is 2.84. The Morgan fingerprint density at radius 1 is 1.13 bits per heavy atom. The van der Waals surface area contributed by atoms with Gasteiger partial charge in [0.05, 0.1) is 12.2 Å². The second-order valence-corrected chi connectivity index (χ2v) is 5.87. The molecule has 23 heavy (non-hydrogen) atoms. The molecule has 0 spiro atoms. The summed E-state index contributed by atoms with van der Waals surface area (Å²) >= 11 is 0. The molecule has 0 saturated carbocycles. The summed E-state index contributed by atoms with van der Waals surface area (Å²) in [6.45, 7) is 5.70. The van der Waals surface area contributed by atoms with E-state index in [1.807, 2.05) is 50.2 Å². The average Bonchev–Trinajstić information content (AvgIpc) is 2.54. The molecule has 0 fully saturated rings. The molecule has 1 heterocycles. The number of amides is 1. The molecule has 0 aromatic heterocycles. The molecule has 4 nitrogen and oxygen atoms in total. The molecular weight excluding hydrogens is 290 g/mol. The minimum atomic E-state index is -0.586. The third-order valence-corrected chi connectivity index (χ3v) is 4.20. The van der Waals surface area contributed by atoms with Crippen molar-refractivity contribution >= 4 is 17.4 Å². The molecule has 1 amide bonds. The first-order valence-corrected chi connectivity index (χ1v) is 7.65. The highest BCUT2D eigenvalue weighted by Gasteiger charge is 2.32. The van der Waals surface area contributed by atoms with Crippen molar-refractivity contribution in [2.75, 3.05) is 11.4 Å². The van der Waals surface area contributed by atoms with Crippen LogP contribution in [0.3, 0.4) is 0 Å². The number of carbonyl (C=O) groups excluding carboxylic acids is 2. The van der Waals surface area contributed by atoms with Crippen molar-refractivity contribution in [1.82, 2.24) is 0 Å². The number of aryl methyl sites for hydroxylation is 2. The van der Waals surface area contributed by atoms with Gasteiger partial charge in [-0.25, -0.2) is 0 Å². The van der Waals surface area contributed by atoms with E-state index in [2.05, 4.69) is 0 Å². The number of para-hydroxylation sites is 2. The lowest BCUT2D eigenvalue weighted by Gasteiger charge is -2.32. The highest BCUT2D eigenvalue weighted by molar-refractivity contribution is 6.08. The number of ketones is 1. The molecule has 4 heteroatoms. The quantitative estimate of drug-likeness (QED) is 0.817. The van der Waals surface area contributed by atoms with Crippen molar-refractivity contribution in [1.29, 1.82) is 0 Å². The molecule has 0 radical (unpaired) electrons. The lowest BCUT2D eigenvalue weighted by atomic mass is 10.0. The number of Topliss-reactive ketones (excluding diaryl/α,β-unsaturated/α-hetero) is 1. The number of benzene rings is 2. The summed E-state index contributed by atoms with van der Waals surface area (Å²) in [6.07, 6.45) is -0.586. The average molecular weight is 309 g/mol. The Morgan fingerprint density at radius 2 is 1.87 bits per heavy atom. The summed E-state index contributed by atoms with van der Waals surface area (Å²) in [5, 5.41) is 0. The van der Waals surface area contributed by atoms with Crippen LogP contribution >= 0.6 is 0 Å². The van der Waals surface area contributed by atoms with Gasteiger partial charge in [-0.05, 0) is 50.1 Å². The van der Waals surface area contributed by atoms with Crippen molar-refractivity contribution in [2.45, 2.75) is 26.9 Å². The lowest BCUT2D eigenvalue weighted by Crippen LogP contribution is -2.46. The number of rotatable bonds is 3. The number of nitrogens with zero attached hydrogens (tertiary/aromatic N) is 1. The summed E-state index contributed by atoms with van der Waals surface area (Å²) in [7, 11) is 0. The molecule has 118 valence electrons. The Morgan fingerprint density at radius 3 is 2.61 bits per heavy atom. The van der Waals surface area contributed by atoms with Crippen LogP contribution in [0.25, 0.3) is 0 Å². The van der Waals surface area contributed by atoms with Gasteiger partial charge >= 0.3 is 0 Å². The molecule has 0 aliphatic carbocycles. The van der Waals surface area contributed by atoms with Crippen molar-refractivity contribution in [2.24, 2.45) is 0 Å². The zero-order chi connectivity index (χ0) is 16.6. The molecule has 0 N–H and O–H groups in total. The maximum absolute atomic E-state index is 12.6. The van der Waals surface area contributed by atoms with Crippen LogP contribution in [0.5, 0.6) is 5.75 Å². The van der Waals surface area contributed by atoms with E-state index in [0.717, 1.165) is 11.1 Å². The summed E-state index contributed by atoms with van der Waals surface area (Å²) in [6, 6.07) is 12.9. The van der Waals surface area contributed by atoms with Crippen molar-refractivity contribution in [3.8, 4) is 5.75 Å². The van der Waals surface area contributed by atoms with E-state index < -0.39 is 6.10 Å². The predicted molar refractivity (Wildman–Crippen MR) is 89.1 cm³/mol. The van der Waals surface area contributed by atoms with Crippen LogP contribution in [0.1, 0.15) is 28.4 Å². The van der Waals surface area contributed by atoms with E-state index in [4.69, 9.17) is 4.74 Å². The van der Waals surface area contributed by atoms with E-state index in [0.29, 0.717) is 17.0 Å². The molecule has 1 atom stereocenters. The van der Waals surface area contributed by atoms with Crippen LogP contribution in [0.4, 0.5) is 5.69 Å². The molecule has 0 saturated heterocycles. The van der Waals surface area contributed by atoms with Gasteiger partial charge in [-0.3, -0.25) is 14.5 Å². The second kappa shape index (κ2) is 5.88. The SMILES string of the molecule is Cc1ccc(C(=O)CN2C(=O)C(C)Oc3ccccc32)cc1C. The molecule has 2 aromatic carbocycles. The first-order chi connectivity index (χ1) is 11.0. The third-order valence-electron chi connectivity index (χ3n) is 4.20. The highest BCUT2D eigenvalue weighted by Crippen LogP contribution is 2.33. The van der Waals surface area contributed by atoms with Crippen LogP contribution in [0.15, 0.2) is 42.5 Å². The van der Waals surface area contributed by atoms with Gasteiger partial charge in [0.1, 0.15) is 5.75 Å². The second-order valence-electron chi connectivity index (χ2n) is 5.87. The van der Waals surface area contributed by atoms with Gasteiger partial charge in [-0.2, -0.15) is 0 Å². The molecule has 3 rings (SSSR count). The van der Waals surface area contributed by atoms with E-state index in [1.165, 1.54) is 4.90 Å². The molecule has 1 aliphatic rings. The predicted octanol–water partition coefficient (Wildman–Crippen LogP) is 3.30. The minimum absolute atomic E-state index is 0.0199. The fraction of sp³-hybridized carbons (Fsp3) is 0.263. The Kier molecular flexibility index (Phi) is 3.90. The van der Waals surface area contributed by atoms with Crippen LogP contribution in [-0.2, 0) is 4.79 Å². The van der Waals surface area contributed by atoms with Gasteiger partial charge in [0.25, 0.3) is 5.91 Å². The maximum atomic E-state index is 12.6. The zero-order valence-electron chi connectivity index (χ0n) is 13.5. The first-order valence-electron chi connectivity index (χ1n) is 7.65. The smallest absolute Gasteiger partial charge is 0.268 e. The van der Waals surface area contributed by atoms with Gasteiger partial charge in [0, 0.05) is 5.56 Å². The van der Waals surface area contributed by atoms with Gasteiger partial charge in [0.2, 0.25) is 0 Å². The fourth-order valence-electron chi connectivity index (χ4n) is 2.67. The Bertz CT molecular complexity index is 782. The normalized spacial score (nSPS) is 16.7. The standard InChI is InChI=1S/C19H19NO3/c1-12-8-9-15(10-13(12)2)17(21)11-20-16-6-4-5-7-18(16)23-14(3)19(20)22/h4-10,14H,11H2,1-3H3. The Hall–Kier alpha value is -2.62. The zero-order valence-corrected chi connectivity index (χ0v) is 13.5. The number of carbonyl (C=O) groups is 2. The molecule has 0 bridgehead atoms. The number of ether oxygens (including phenoxy) is 1. The lowest BCUT2D eigenvalue weighted by molar-refractivity contribution is -0.125. The number of fused-ring (bicyclic) bond motifs is 1. The largest absolute Gasteiger partial charge is 0.479 e. The van der Waals surface area contributed by atoms with Crippen molar-refractivity contribution < 1.29 is 14.3 Å². The van der Waals surface area contributed by atoms with Gasteiger partial charge in [-0.15, -0.1) is 0 Å². The topological polar surface area (TPSA) is 46.6 Å². The first kappa shape index (κ1) is 15.3. The molecular formula is C19H19NO3. The van der Waals surface area contributed by atoms with Crippen LogP contribution < -0.4 is 9.64 Å². The van der Waals surface area contributed by atoms with Gasteiger partial charge in [0.15, 0.2) is 11.9 Å². The molecule has 1 aliphatic heterocycles. The Labute approximate surface area is 135 Å². The fourth-order valence-corrected chi connectivity index (χ4v) is 2.67. The molecule has 2 aromatic rings. The molecule has 1 unspecified atom stereocenters. The van der Waals surface area contributed by atoms with Gasteiger partial charge in [-0.1, -0.05) is 24.3 Å². The van der Waals surface area contributed by atoms with E-state index >= 15 is 0 Å². The number of anilines is 1. The highest BCUT2D eigenvalue weighted by atomic mass is 16.5. The summed E-state index contributed by atoms with van der Waals surface area (Å²) in [5.41, 5.74) is 3.48. The van der Waals surface area contributed by atoms with Crippen LogP contribution in [-0.4, -0.2) is 24.3 Å². The Balaban J connectivity index is 1.90. The van der Waals surface area contributed by atoms with Crippen molar-refractivity contribution in [3.63, 3.8) is 0 Å². The van der Waals surface area contributed by atoms with E-state index in [-0.39, 0.29) is 18.2 Å². The van der Waals surface area contributed by atoms with E-state index in [9.17, 15) is 9.59 Å². The van der Waals surface area contributed by atoms with Gasteiger partial charge < -0.3 is 4.74 Å². The monoisotopic (exact) mass is 309 g/mol. The maximum Gasteiger partial charge on any atom is 0.268 e.